The lowest BCUT2D eigenvalue weighted by Crippen LogP contribution is -2.45. The van der Waals surface area contributed by atoms with Gasteiger partial charge in [0.05, 0.1) is 23.5 Å². The number of hydrogen-bond donors (Lipinski definition) is 0. The monoisotopic (exact) mass is 262 g/mol. The summed E-state index contributed by atoms with van der Waals surface area (Å²) in [6, 6.07) is 8.39. The second-order valence-corrected chi connectivity index (χ2v) is 5.48. The first-order chi connectivity index (χ1) is 8.65. The Bertz CT molecular complexity index is 459. The Balaban J connectivity index is 2.36. The second-order valence-electron chi connectivity index (χ2n) is 4.63. The molecule has 3 nitrogen and oxygen atoms in total. The van der Waals surface area contributed by atoms with Crippen LogP contribution in [0.25, 0.3) is 0 Å². The smallest absolute Gasteiger partial charge is 0.103 e. The zero-order valence-electron chi connectivity index (χ0n) is 11.0. The van der Waals surface area contributed by atoms with E-state index >= 15 is 0 Å². The highest BCUT2D eigenvalue weighted by molar-refractivity contribution is 7.98. The van der Waals surface area contributed by atoms with E-state index in [0.29, 0.717) is 0 Å². The molecule has 96 valence electrons. The molecule has 1 saturated heterocycles. The lowest BCUT2D eigenvalue weighted by molar-refractivity contribution is -0.00524. The molecular weight excluding hydrogens is 244 g/mol. The molecule has 0 N–H and O–H groups in total. The molecule has 1 aliphatic rings. The van der Waals surface area contributed by atoms with Crippen LogP contribution in [0.3, 0.4) is 0 Å². The van der Waals surface area contributed by atoms with E-state index in [9.17, 15) is 5.26 Å². The third-order valence-electron chi connectivity index (χ3n) is 3.10. The zero-order chi connectivity index (χ0) is 13.1. The molecule has 4 heteroatoms. The number of anilines is 1. The molecule has 1 heterocycles. The highest BCUT2D eigenvalue weighted by atomic mass is 32.2. The third-order valence-corrected chi connectivity index (χ3v) is 3.88. The fraction of sp³-hybridized carbons (Fsp3) is 0.500. The van der Waals surface area contributed by atoms with Crippen LogP contribution in [-0.2, 0) is 4.74 Å². The van der Waals surface area contributed by atoms with Crippen molar-refractivity contribution in [3.8, 4) is 6.07 Å². The van der Waals surface area contributed by atoms with E-state index < -0.39 is 0 Å². The van der Waals surface area contributed by atoms with Crippen LogP contribution < -0.4 is 4.90 Å². The lowest BCUT2D eigenvalue weighted by Gasteiger charge is -2.37. The standard InChI is InChI=1S/C14H18N2OS/c1-10-8-16(9-11(2)17-10)13-5-4-6-14(18-3)12(13)7-15/h4-6,10-11H,8-9H2,1-3H3. The van der Waals surface area contributed by atoms with E-state index in [4.69, 9.17) is 4.74 Å². The van der Waals surface area contributed by atoms with Crippen LogP contribution in [0.5, 0.6) is 0 Å². The third kappa shape index (κ3) is 2.63. The van der Waals surface area contributed by atoms with Crippen molar-refractivity contribution >= 4 is 17.4 Å². The van der Waals surface area contributed by atoms with Gasteiger partial charge in [-0.15, -0.1) is 11.8 Å². The van der Waals surface area contributed by atoms with E-state index in [1.165, 1.54) is 0 Å². The molecule has 1 aromatic rings. The Labute approximate surface area is 113 Å². The first kappa shape index (κ1) is 13.3. The predicted molar refractivity (Wildman–Crippen MR) is 75.2 cm³/mol. The molecular formula is C14H18N2OS. The normalized spacial score (nSPS) is 23.8. The Morgan fingerprint density at radius 1 is 1.33 bits per heavy atom. The van der Waals surface area contributed by atoms with Gasteiger partial charge in [-0.25, -0.2) is 0 Å². The number of benzene rings is 1. The SMILES string of the molecule is CSc1cccc(N2CC(C)OC(C)C2)c1C#N. The molecule has 0 saturated carbocycles. The van der Waals surface area contributed by atoms with E-state index in [0.717, 1.165) is 29.2 Å². The fourth-order valence-corrected chi connectivity index (χ4v) is 3.01. The highest BCUT2D eigenvalue weighted by Crippen LogP contribution is 2.30. The van der Waals surface area contributed by atoms with Crippen LogP contribution in [-0.4, -0.2) is 31.6 Å². The van der Waals surface area contributed by atoms with Gasteiger partial charge >= 0.3 is 0 Å². The van der Waals surface area contributed by atoms with Crippen molar-refractivity contribution in [2.45, 2.75) is 31.0 Å². The Hall–Kier alpha value is -1.18. The van der Waals surface area contributed by atoms with Gasteiger partial charge in [-0.2, -0.15) is 5.26 Å². The summed E-state index contributed by atoms with van der Waals surface area (Å²) in [5.74, 6) is 0. The van der Waals surface area contributed by atoms with Crippen LogP contribution >= 0.6 is 11.8 Å². The van der Waals surface area contributed by atoms with Gasteiger partial charge in [0.15, 0.2) is 0 Å². The number of thioether (sulfide) groups is 1. The average molecular weight is 262 g/mol. The number of hydrogen-bond acceptors (Lipinski definition) is 4. The van der Waals surface area contributed by atoms with Crippen LogP contribution in [0.1, 0.15) is 19.4 Å². The molecule has 0 radical (unpaired) electrons. The van der Waals surface area contributed by atoms with E-state index in [1.807, 2.05) is 24.5 Å². The van der Waals surface area contributed by atoms with E-state index in [-0.39, 0.29) is 12.2 Å². The van der Waals surface area contributed by atoms with Crippen molar-refractivity contribution in [1.82, 2.24) is 0 Å². The minimum absolute atomic E-state index is 0.207. The molecule has 2 unspecified atom stereocenters. The maximum Gasteiger partial charge on any atom is 0.103 e. The first-order valence-electron chi connectivity index (χ1n) is 6.13. The summed E-state index contributed by atoms with van der Waals surface area (Å²) in [6.07, 6.45) is 2.42. The number of nitriles is 1. The molecule has 1 fully saturated rings. The van der Waals surface area contributed by atoms with Crippen molar-refractivity contribution in [1.29, 1.82) is 5.26 Å². The number of morpholine rings is 1. The summed E-state index contributed by atoms with van der Waals surface area (Å²) in [4.78, 5) is 3.30. The number of ether oxygens (including phenoxy) is 1. The second kappa shape index (κ2) is 5.64. The summed E-state index contributed by atoms with van der Waals surface area (Å²) in [6.45, 7) is 5.84. The molecule has 18 heavy (non-hydrogen) atoms. The van der Waals surface area contributed by atoms with Gasteiger partial charge in [-0.1, -0.05) is 6.07 Å². The van der Waals surface area contributed by atoms with Gasteiger partial charge in [0, 0.05) is 18.0 Å². The Morgan fingerprint density at radius 3 is 2.56 bits per heavy atom. The van der Waals surface area contributed by atoms with Gasteiger partial charge in [0.2, 0.25) is 0 Å². The molecule has 2 rings (SSSR count). The molecule has 0 amide bonds. The highest BCUT2D eigenvalue weighted by Gasteiger charge is 2.24. The van der Waals surface area contributed by atoms with Gasteiger partial charge in [0.1, 0.15) is 6.07 Å². The molecule has 0 bridgehead atoms. The summed E-state index contributed by atoms with van der Waals surface area (Å²) in [5.41, 5.74) is 1.82. The van der Waals surface area contributed by atoms with Gasteiger partial charge in [-0.3, -0.25) is 0 Å². The van der Waals surface area contributed by atoms with Gasteiger partial charge in [-0.05, 0) is 32.2 Å². The zero-order valence-corrected chi connectivity index (χ0v) is 11.8. The molecule has 1 aliphatic heterocycles. The first-order valence-corrected chi connectivity index (χ1v) is 7.35. The maximum absolute atomic E-state index is 9.37. The topological polar surface area (TPSA) is 36.3 Å². The van der Waals surface area contributed by atoms with Crippen LogP contribution in [0, 0.1) is 11.3 Å². The Morgan fingerprint density at radius 2 is 2.00 bits per heavy atom. The fourth-order valence-electron chi connectivity index (χ4n) is 2.44. The summed E-state index contributed by atoms with van der Waals surface area (Å²) in [7, 11) is 0. The number of rotatable bonds is 2. The summed E-state index contributed by atoms with van der Waals surface area (Å²) >= 11 is 1.62. The number of nitrogens with zero attached hydrogens (tertiary/aromatic N) is 2. The predicted octanol–water partition coefficient (Wildman–Crippen LogP) is 2.89. The van der Waals surface area contributed by atoms with E-state index in [1.54, 1.807) is 11.8 Å². The van der Waals surface area contributed by atoms with E-state index in [2.05, 4.69) is 24.8 Å². The maximum atomic E-state index is 9.37. The molecule has 0 spiro atoms. The minimum Gasteiger partial charge on any atom is -0.372 e. The largest absolute Gasteiger partial charge is 0.372 e. The minimum atomic E-state index is 0.207. The van der Waals surface area contributed by atoms with Crippen molar-refractivity contribution in [3.63, 3.8) is 0 Å². The van der Waals surface area contributed by atoms with Crippen molar-refractivity contribution in [2.75, 3.05) is 24.2 Å². The lowest BCUT2D eigenvalue weighted by atomic mass is 10.1. The molecule has 0 aromatic heterocycles. The molecule has 1 aromatic carbocycles. The molecule has 0 aliphatic carbocycles. The Kier molecular flexibility index (Phi) is 4.15. The van der Waals surface area contributed by atoms with Crippen molar-refractivity contribution < 1.29 is 4.74 Å². The van der Waals surface area contributed by atoms with Gasteiger partial charge in [0.25, 0.3) is 0 Å². The van der Waals surface area contributed by atoms with Gasteiger partial charge < -0.3 is 9.64 Å². The van der Waals surface area contributed by atoms with Crippen LogP contribution in [0.15, 0.2) is 23.1 Å². The summed E-state index contributed by atoms with van der Waals surface area (Å²) in [5, 5.41) is 9.37. The average Bonchev–Trinajstić information content (AvgIpc) is 2.36. The van der Waals surface area contributed by atoms with Crippen molar-refractivity contribution in [2.24, 2.45) is 0 Å². The molecule has 2 atom stereocenters. The quantitative estimate of drug-likeness (QED) is 0.768. The summed E-state index contributed by atoms with van der Waals surface area (Å²) < 4.78 is 5.74. The van der Waals surface area contributed by atoms with Crippen molar-refractivity contribution in [3.05, 3.63) is 23.8 Å². The van der Waals surface area contributed by atoms with Crippen LogP contribution in [0.4, 0.5) is 5.69 Å². The van der Waals surface area contributed by atoms with Crippen LogP contribution in [0.2, 0.25) is 0 Å².